The van der Waals surface area contributed by atoms with E-state index >= 15 is 0 Å². The highest BCUT2D eigenvalue weighted by atomic mass is 16.5. The number of benzene rings is 2. The van der Waals surface area contributed by atoms with E-state index < -0.39 is 6.10 Å². The quantitative estimate of drug-likeness (QED) is 0.619. The zero-order valence-electron chi connectivity index (χ0n) is 17.0. The molecule has 3 rings (SSSR count). The Kier molecular flexibility index (Phi) is 8.34. The molecule has 28 heavy (non-hydrogen) atoms. The second-order valence-corrected chi connectivity index (χ2v) is 7.65. The van der Waals surface area contributed by atoms with Crippen molar-refractivity contribution in [3.05, 3.63) is 65.7 Å². The summed E-state index contributed by atoms with van der Waals surface area (Å²) in [6.07, 6.45) is 2.94. The van der Waals surface area contributed by atoms with E-state index in [1.807, 2.05) is 30.3 Å². The number of rotatable bonds is 10. The Morgan fingerprint density at radius 3 is 2.36 bits per heavy atom. The molecule has 0 amide bonds. The molecule has 4 nitrogen and oxygen atoms in total. The summed E-state index contributed by atoms with van der Waals surface area (Å²) < 4.78 is 11.3. The van der Waals surface area contributed by atoms with Crippen LogP contribution in [0.5, 0.6) is 5.75 Å². The first-order chi connectivity index (χ1) is 13.8. The summed E-state index contributed by atoms with van der Waals surface area (Å²) in [5.41, 5.74) is 2.14. The van der Waals surface area contributed by atoms with Crippen molar-refractivity contribution in [1.82, 2.24) is 0 Å². The predicted molar refractivity (Wildman–Crippen MR) is 112 cm³/mol. The van der Waals surface area contributed by atoms with Crippen LogP contribution in [0.15, 0.2) is 54.6 Å². The number of morpholine rings is 1. The van der Waals surface area contributed by atoms with E-state index in [0.717, 1.165) is 57.2 Å². The van der Waals surface area contributed by atoms with E-state index in [9.17, 15) is 5.11 Å². The number of aliphatic hydroxyl groups excluding tert-OH is 1. The van der Waals surface area contributed by atoms with E-state index in [2.05, 4.69) is 31.2 Å². The average Bonchev–Trinajstić information content (AvgIpc) is 2.76. The van der Waals surface area contributed by atoms with Crippen LogP contribution in [0.2, 0.25) is 0 Å². The number of quaternary nitrogens is 1. The Morgan fingerprint density at radius 2 is 1.68 bits per heavy atom. The van der Waals surface area contributed by atoms with Crippen molar-refractivity contribution < 1.29 is 19.5 Å². The van der Waals surface area contributed by atoms with Gasteiger partial charge in [-0.1, -0.05) is 62.2 Å². The van der Waals surface area contributed by atoms with Gasteiger partial charge >= 0.3 is 0 Å². The monoisotopic (exact) mass is 384 g/mol. The number of nitrogens with one attached hydrogen (secondary N) is 1. The summed E-state index contributed by atoms with van der Waals surface area (Å²) >= 11 is 0. The number of aliphatic hydroxyl groups is 1. The Labute approximate surface area is 169 Å². The maximum absolute atomic E-state index is 11.2. The lowest BCUT2D eigenvalue weighted by molar-refractivity contribution is -0.909. The molecule has 0 aliphatic carbocycles. The summed E-state index contributed by atoms with van der Waals surface area (Å²) in [4.78, 5) is 1.50. The first-order valence-electron chi connectivity index (χ1n) is 10.6. The SMILES string of the molecule is CCCCCOc1ccc(C(O)C(C[NH+]2CCOCC2)c2ccccc2)cc1. The minimum atomic E-state index is -0.535. The van der Waals surface area contributed by atoms with Gasteiger partial charge in [0.25, 0.3) is 0 Å². The van der Waals surface area contributed by atoms with Gasteiger partial charge in [0.1, 0.15) is 18.8 Å². The van der Waals surface area contributed by atoms with E-state index in [1.54, 1.807) is 0 Å². The highest BCUT2D eigenvalue weighted by Gasteiger charge is 2.28. The van der Waals surface area contributed by atoms with Gasteiger partial charge in [0, 0.05) is 0 Å². The summed E-state index contributed by atoms with van der Waals surface area (Å²) in [7, 11) is 0. The van der Waals surface area contributed by atoms with Crippen molar-refractivity contribution in [3.8, 4) is 5.75 Å². The number of unbranched alkanes of at least 4 members (excludes halogenated alkanes) is 2. The lowest BCUT2D eigenvalue weighted by atomic mass is 9.88. The van der Waals surface area contributed by atoms with Crippen LogP contribution >= 0.6 is 0 Å². The smallest absolute Gasteiger partial charge is 0.119 e. The molecule has 152 valence electrons. The fourth-order valence-corrected chi connectivity index (χ4v) is 3.82. The van der Waals surface area contributed by atoms with Gasteiger partial charge in [-0.15, -0.1) is 0 Å². The van der Waals surface area contributed by atoms with Crippen LogP contribution in [0.3, 0.4) is 0 Å². The summed E-state index contributed by atoms with van der Waals surface area (Å²) in [6, 6.07) is 18.3. The number of hydrogen-bond donors (Lipinski definition) is 2. The van der Waals surface area contributed by atoms with Crippen molar-refractivity contribution >= 4 is 0 Å². The van der Waals surface area contributed by atoms with Gasteiger partial charge in [-0.05, 0) is 29.7 Å². The second kappa shape index (κ2) is 11.2. The number of hydrogen-bond acceptors (Lipinski definition) is 3. The summed E-state index contributed by atoms with van der Waals surface area (Å²) in [5, 5.41) is 11.2. The van der Waals surface area contributed by atoms with E-state index in [4.69, 9.17) is 9.47 Å². The zero-order chi connectivity index (χ0) is 19.6. The number of ether oxygens (including phenoxy) is 2. The van der Waals surface area contributed by atoms with Crippen LogP contribution in [0.25, 0.3) is 0 Å². The Morgan fingerprint density at radius 1 is 0.964 bits per heavy atom. The van der Waals surface area contributed by atoms with E-state index in [0.29, 0.717) is 0 Å². The van der Waals surface area contributed by atoms with Crippen molar-refractivity contribution in [3.63, 3.8) is 0 Å². The maximum atomic E-state index is 11.2. The third-order valence-corrected chi connectivity index (χ3v) is 5.56. The van der Waals surface area contributed by atoms with Crippen LogP contribution in [-0.2, 0) is 4.74 Å². The van der Waals surface area contributed by atoms with Crippen molar-refractivity contribution in [2.24, 2.45) is 0 Å². The average molecular weight is 385 g/mol. The Hall–Kier alpha value is -1.88. The third kappa shape index (κ3) is 6.06. The first kappa shape index (κ1) is 20.8. The van der Waals surface area contributed by atoms with Gasteiger partial charge in [-0.3, -0.25) is 0 Å². The van der Waals surface area contributed by atoms with Gasteiger partial charge in [0.2, 0.25) is 0 Å². The molecule has 0 bridgehead atoms. The zero-order valence-corrected chi connectivity index (χ0v) is 17.0. The molecule has 2 aromatic rings. The van der Waals surface area contributed by atoms with Crippen molar-refractivity contribution in [2.45, 2.75) is 38.2 Å². The molecule has 2 unspecified atom stereocenters. The summed E-state index contributed by atoms with van der Waals surface area (Å²) in [6.45, 7) is 7.46. The van der Waals surface area contributed by atoms with Crippen LogP contribution in [-0.4, -0.2) is 44.6 Å². The normalized spacial score (nSPS) is 17.2. The molecule has 1 fully saturated rings. The minimum absolute atomic E-state index is 0.0608. The molecule has 1 aliphatic heterocycles. The Bertz CT molecular complexity index is 668. The van der Waals surface area contributed by atoms with Gasteiger partial charge in [0.05, 0.1) is 38.4 Å². The second-order valence-electron chi connectivity index (χ2n) is 7.65. The topological polar surface area (TPSA) is 43.1 Å². The molecule has 0 saturated carbocycles. The fourth-order valence-electron chi connectivity index (χ4n) is 3.82. The minimum Gasteiger partial charge on any atom is -0.494 e. The van der Waals surface area contributed by atoms with Crippen LogP contribution in [0, 0.1) is 0 Å². The first-order valence-corrected chi connectivity index (χ1v) is 10.6. The molecular formula is C24H34NO3+. The van der Waals surface area contributed by atoms with Crippen LogP contribution in [0.4, 0.5) is 0 Å². The van der Waals surface area contributed by atoms with Gasteiger partial charge in [-0.25, -0.2) is 0 Å². The molecule has 2 atom stereocenters. The highest BCUT2D eigenvalue weighted by Crippen LogP contribution is 2.31. The molecule has 0 spiro atoms. The largest absolute Gasteiger partial charge is 0.494 e. The van der Waals surface area contributed by atoms with Gasteiger partial charge in [0.15, 0.2) is 0 Å². The molecule has 0 radical (unpaired) electrons. The molecule has 1 heterocycles. The lowest BCUT2D eigenvalue weighted by Crippen LogP contribution is -3.14. The molecule has 1 aliphatic rings. The molecule has 0 aromatic heterocycles. The van der Waals surface area contributed by atoms with E-state index in [1.165, 1.54) is 23.3 Å². The molecule has 2 N–H and O–H groups in total. The standard InChI is InChI=1S/C24H33NO3/c1-2-3-7-16-28-22-12-10-21(11-13-22)24(26)23(20-8-5-4-6-9-20)19-25-14-17-27-18-15-25/h4-6,8-13,23-24,26H,2-3,7,14-19H2,1H3/p+1. The fraction of sp³-hybridized carbons (Fsp3) is 0.500. The predicted octanol–water partition coefficient (Wildman–Crippen LogP) is 2.99. The lowest BCUT2D eigenvalue weighted by Gasteiger charge is -2.30. The van der Waals surface area contributed by atoms with Gasteiger partial charge in [-0.2, -0.15) is 0 Å². The molecular weight excluding hydrogens is 350 g/mol. The van der Waals surface area contributed by atoms with Gasteiger partial charge < -0.3 is 19.5 Å². The van der Waals surface area contributed by atoms with Crippen molar-refractivity contribution in [2.75, 3.05) is 39.5 Å². The summed E-state index contributed by atoms with van der Waals surface area (Å²) in [5.74, 6) is 0.938. The van der Waals surface area contributed by atoms with Crippen LogP contribution in [0.1, 0.15) is 49.3 Å². The van der Waals surface area contributed by atoms with E-state index in [-0.39, 0.29) is 5.92 Å². The van der Waals surface area contributed by atoms with Crippen LogP contribution < -0.4 is 9.64 Å². The molecule has 1 saturated heterocycles. The maximum Gasteiger partial charge on any atom is 0.119 e. The molecule has 2 aromatic carbocycles. The Balaban J connectivity index is 1.68. The third-order valence-electron chi connectivity index (χ3n) is 5.56. The van der Waals surface area contributed by atoms with Crippen molar-refractivity contribution in [1.29, 1.82) is 0 Å². The highest BCUT2D eigenvalue weighted by molar-refractivity contribution is 5.31. The molecule has 4 heteroatoms.